The van der Waals surface area contributed by atoms with Gasteiger partial charge in [0.2, 0.25) is 15.9 Å². The van der Waals surface area contributed by atoms with E-state index in [1.54, 1.807) is 0 Å². The van der Waals surface area contributed by atoms with E-state index in [9.17, 15) is 13.2 Å². The van der Waals surface area contributed by atoms with Crippen LogP contribution in [0.1, 0.15) is 39.0 Å². The van der Waals surface area contributed by atoms with E-state index in [0.29, 0.717) is 31.8 Å². The van der Waals surface area contributed by atoms with Crippen molar-refractivity contribution in [2.24, 2.45) is 5.92 Å². The largest absolute Gasteiger partial charge is 0.352 e. The van der Waals surface area contributed by atoms with Gasteiger partial charge in [-0.1, -0.05) is 13.3 Å². The van der Waals surface area contributed by atoms with E-state index in [1.807, 2.05) is 0 Å². The quantitative estimate of drug-likeness (QED) is 0.782. The first-order valence-corrected chi connectivity index (χ1v) is 9.74. The third kappa shape index (κ3) is 4.66. The second-order valence-electron chi connectivity index (χ2n) is 6.25. The van der Waals surface area contributed by atoms with Crippen molar-refractivity contribution in [3.8, 4) is 0 Å². The third-order valence-corrected chi connectivity index (χ3v) is 5.98. The van der Waals surface area contributed by atoms with Gasteiger partial charge in [-0.25, -0.2) is 12.7 Å². The smallest absolute Gasteiger partial charge is 0.237 e. The fraction of sp³-hybridized carbons (Fsp3) is 0.929. The van der Waals surface area contributed by atoms with Gasteiger partial charge < -0.3 is 10.6 Å². The SMILES string of the molecule is CCC1CCNC(C(=O)NC2CCN(S(C)(=O)=O)CC2)C1. The Bertz CT molecular complexity index is 458. The third-order valence-electron chi connectivity index (χ3n) is 4.68. The standard InChI is InChI=1S/C14H27N3O3S/c1-3-11-4-7-15-13(10-11)14(18)16-12-5-8-17(9-6-12)21(2,19)20/h11-13,15H,3-10H2,1-2H3,(H,16,18). The highest BCUT2D eigenvalue weighted by molar-refractivity contribution is 7.88. The van der Waals surface area contributed by atoms with E-state index >= 15 is 0 Å². The zero-order chi connectivity index (χ0) is 15.5. The van der Waals surface area contributed by atoms with Crippen molar-refractivity contribution in [3.05, 3.63) is 0 Å². The van der Waals surface area contributed by atoms with Crippen LogP contribution in [0.5, 0.6) is 0 Å². The molecule has 2 aliphatic rings. The number of carbonyl (C=O) groups excluding carboxylic acids is 1. The molecule has 7 heteroatoms. The molecule has 0 bridgehead atoms. The average Bonchev–Trinajstić information content (AvgIpc) is 2.47. The molecule has 21 heavy (non-hydrogen) atoms. The Labute approximate surface area is 127 Å². The fourth-order valence-electron chi connectivity index (χ4n) is 3.20. The maximum absolute atomic E-state index is 12.3. The lowest BCUT2D eigenvalue weighted by atomic mass is 9.90. The lowest BCUT2D eigenvalue weighted by Gasteiger charge is -2.33. The maximum Gasteiger partial charge on any atom is 0.237 e. The molecule has 0 saturated carbocycles. The van der Waals surface area contributed by atoms with Crippen molar-refractivity contribution >= 4 is 15.9 Å². The zero-order valence-corrected chi connectivity index (χ0v) is 13.8. The lowest BCUT2D eigenvalue weighted by molar-refractivity contribution is -0.125. The molecule has 2 aliphatic heterocycles. The van der Waals surface area contributed by atoms with Gasteiger partial charge in [-0.3, -0.25) is 4.79 Å². The number of nitrogens with one attached hydrogen (secondary N) is 2. The van der Waals surface area contributed by atoms with E-state index in [0.717, 1.165) is 25.8 Å². The molecule has 122 valence electrons. The van der Waals surface area contributed by atoms with E-state index in [4.69, 9.17) is 0 Å². The molecule has 6 nitrogen and oxygen atoms in total. The van der Waals surface area contributed by atoms with Crippen LogP contribution in [-0.2, 0) is 14.8 Å². The summed E-state index contributed by atoms with van der Waals surface area (Å²) in [6.07, 6.45) is 5.81. The zero-order valence-electron chi connectivity index (χ0n) is 13.0. The molecule has 0 aromatic carbocycles. The molecular formula is C14H27N3O3S. The number of hydrogen-bond acceptors (Lipinski definition) is 4. The Hall–Kier alpha value is -0.660. The second kappa shape index (κ2) is 7.07. The summed E-state index contributed by atoms with van der Waals surface area (Å²) in [5.74, 6) is 0.708. The minimum Gasteiger partial charge on any atom is -0.352 e. The fourth-order valence-corrected chi connectivity index (χ4v) is 4.07. The van der Waals surface area contributed by atoms with Gasteiger partial charge in [-0.2, -0.15) is 0 Å². The van der Waals surface area contributed by atoms with Gasteiger partial charge in [0, 0.05) is 19.1 Å². The topological polar surface area (TPSA) is 78.5 Å². The monoisotopic (exact) mass is 317 g/mol. The Kier molecular flexibility index (Phi) is 5.62. The van der Waals surface area contributed by atoms with E-state index in [-0.39, 0.29) is 18.0 Å². The van der Waals surface area contributed by atoms with Gasteiger partial charge in [-0.15, -0.1) is 0 Å². The highest BCUT2D eigenvalue weighted by atomic mass is 32.2. The number of hydrogen-bond donors (Lipinski definition) is 2. The summed E-state index contributed by atoms with van der Waals surface area (Å²) >= 11 is 0. The number of nitrogens with zero attached hydrogens (tertiary/aromatic N) is 1. The minimum absolute atomic E-state index is 0.0750. The van der Waals surface area contributed by atoms with Crippen LogP contribution >= 0.6 is 0 Å². The van der Waals surface area contributed by atoms with E-state index < -0.39 is 10.0 Å². The molecule has 2 heterocycles. The van der Waals surface area contributed by atoms with Crippen molar-refractivity contribution < 1.29 is 13.2 Å². The normalized spacial score (nSPS) is 29.2. The van der Waals surface area contributed by atoms with Crippen LogP contribution in [0.3, 0.4) is 0 Å². The highest BCUT2D eigenvalue weighted by Crippen LogP contribution is 2.20. The molecule has 2 rings (SSSR count). The average molecular weight is 317 g/mol. The van der Waals surface area contributed by atoms with Gasteiger partial charge in [0.15, 0.2) is 0 Å². The van der Waals surface area contributed by atoms with Gasteiger partial charge >= 0.3 is 0 Å². The minimum atomic E-state index is -3.10. The van der Waals surface area contributed by atoms with Crippen molar-refractivity contribution in [2.45, 2.75) is 51.1 Å². The van der Waals surface area contributed by atoms with Crippen LogP contribution in [0, 0.1) is 5.92 Å². The van der Waals surface area contributed by atoms with Crippen molar-refractivity contribution in [3.63, 3.8) is 0 Å². The van der Waals surface area contributed by atoms with Crippen molar-refractivity contribution in [1.29, 1.82) is 0 Å². The predicted octanol–water partition coefficient (Wildman–Crippen LogP) is 0.305. The number of amides is 1. The molecule has 1 amide bonds. The van der Waals surface area contributed by atoms with Crippen LogP contribution < -0.4 is 10.6 Å². The van der Waals surface area contributed by atoms with Crippen LogP contribution in [0.25, 0.3) is 0 Å². The summed E-state index contributed by atoms with van der Waals surface area (Å²) in [5.41, 5.74) is 0. The summed E-state index contributed by atoms with van der Waals surface area (Å²) in [6, 6.07) is 0.0101. The van der Waals surface area contributed by atoms with Crippen LogP contribution in [0.15, 0.2) is 0 Å². The number of carbonyl (C=O) groups is 1. The summed E-state index contributed by atoms with van der Waals surface area (Å²) in [6.45, 7) is 4.08. The molecule has 0 spiro atoms. The molecule has 2 fully saturated rings. The molecule has 2 unspecified atom stereocenters. The van der Waals surface area contributed by atoms with Gasteiger partial charge in [0.1, 0.15) is 0 Å². The molecule has 0 aromatic rings. The lowest BCUT2D eigenvalue weighted by Crippen LogP contribution is -2.53. The number of piperidine rings is 2. The first-order chi connectivity index (χ1) is 9.90. The molecule has 2 saturated heterocycles. The van der Waals surface area contributed by atoms with Gasteiger partial charge in [0.05, 0.1) is 12.3 Å². The van der Waals surface area contributed by atoms with Crippen LogP contribution in [-0.4, -0.2) is 56.6 Å². The number of rotatable bonds is 4. The number of sulfonamides is 1. The Balaban J connectivity index is 1.79. The van der Waals surface area contributed by atoms with Crippen molar-refractivity contribution in [1.82, 2.24) is 14.9 Å². The highest BCUT2D eigenvalue weighted by Gasteiger charge is 2.30. The molecule has 0 radical (unpaired) electrons. The Morgan fingerprint density at radius 3 is 2.52 bits per heavy atom. The molecule has 2 N–H and O–H groups in total. The van der Waals surface area contributed by atoms with Crippen LogP contribution in [0.4, 0.5) is 0 Å². The van der Waals surface area contributed by atoms with E-state index in [2.05, 4.69) is 17.6 Å². The van der Waals surface area contributed by atoms with Crippen molar-refractivity contribution in [2.75, 3.05) is 25.9 Å². The summed E-state index contributed by atoms with van der Waals surface area (Å²) in [5, 5.41) is 6.37. The molecule has 2 atom stereocenters. The first-order valence-electron chi connectivity index (χ1n) is 7.89. The Morgan fingerprint density at radius 2 is 1.95 bits per heavy atom. The van der Waals surface area contributed by atoms with Gasteiger partial charge in [0.25, 0.3) is 0 Å². The summed E-state index contributed by atoms with van der Waals surface area (Å²) in [7, 11) is -3.10. The summed E-state index contributed by atoms with van der Waals surface area (Å²) in [4.78, 5) is 12.3. The van der Waals surface area contributed by atoms with Gasteiger partial charge in [-0.05, 0) is 38.1 Å². The molecular weight excluding hydrogens is 290 g/mol. The molecule has 0 aliphatic carbocycles. The first kappa shape index (κ1) is 16.7. The second-order valence-corrected chi connectivity index (χ2v) is 8.23. The predicted molar refractivity (Wildman–Crippen MR) is 82.4 cm³/mol. The summed E-state index contributed by atoms with van der Waals surface area (Å²) < 4.78 is 24.4. The Morgan fingerprint density at radius 1 is 1.29 bits per heavy atom. The van der Waals surface area contributed by atoms with Crippen LogP contribution in [0.2, 0.25) is 0 Å². The van der Waals surface area contributed by atoms with E-state index in [1.165, 1.54) is 10.6 Å². The maximum atomic E-state index is 12.3. The molecule has 0 aromatic heterocycles.